The first kappa shape index (κ1) is 27.2. The zero-order valence-corrected chi connectivity index (χ0v) is 24.4. The second-order valence-corrected chi connectivity index (χ2v) is 13.2. The number of nitrogens with one attached hydrogen (secondary N) is 3. The lowest BCUT2D eigenvalue weighted by Gasteiger charge is -2.34. The molecule has 0 radical (unpaired) electrons. The van der Waals surface area contributed by atoms with Gasteiger partial charge in [0.1, 0.15) is 5.82 Å². The number of hydrogen-bond donors (Lipinski definition) is 3. The number of halogens is 2. The van der Waals surface area contributed by atoms with Gasteiger partial charge in [0.05, 0.1) is 15.0 Å². The third-order valence-corrected chi connectivity index (χ3v) is 9.84. The van der Waals surface area contributed by atoms with Crippen LogP contribution < -0.4 is 10.6 Å². The third kappa shape index (κ3) is 6.26. The van der Waals surface area contributed by atoms with Crippen molar-refractivity contribution in [1.82, 2.24) is 29.4 Å². The molecule has 0 saturated carbocycles. The number of hydrogen-bond acceptors (Lipinski definition) is 8. The number of aryl methyl sites for hydroxylation is 2. The van der Waals surface area contributed by atoms with Crippen LogP contribution in [0.25, 0.3) is 0 Å². The molecular weight excluding hydrogens is 622 g/mol. The highest BCUT2D eigenvalue weighted by molar-refractivity contribution is 14.1. The Morgan fingerprint density at radius 3 is 2.55 bits per heavy atom. The summed E-state index contributed by atoms with van der Waals surface area (Å²) in [7, 11) is -3.14. The average molecular weight is 655 g/mol. The molecule has 2 aromatic heterocycles. The van der Waals surface area contributed by atoms with Crippen LogP contribution in [0.4, 0.5) is 27.7 Å². The molecule has 4 heterocycles. The van der Waals surface area contributed by atoms with Crippen molar-refractivity contribution in [3.05, 3.63) is 50.6 Å². The van der Waals surface area contributed by atoms with Crippen molar-refractivity contribution in [1.29, 1.82) is 0 Å². The first-order valence-electron chi connectivity index (χ1n) is 12.8. The van der Waals surface area contributed by atoms with E-state index in [1.807, 2.05) is 26.0 Å². The number of sulfonamides is 1. The van der Waals surface area contributed by atoms with Gasteiger partial charge in [-0.2, -0.15) is 10.1 Å². The number of piperidine rings is 1. The van der Waals surface area contributed by atoms with Gasteiger partial charge in [0.25, 0.3) is 0 Å². The summed E-state index contributed by atoms with van der Waals surface area (Å²) in [6.45, 7) is 7.38. The minimum atomic E-state index is -3.14. The lowest BCUT2D eigenvalue weighted by Crippen LogP contribution is -2.46. The fourth-order valence-corrected chi connectivity index (χ4v) is 6.83. The van der Waals surface area contributed by atoms with E-state index in [2.05, 4.69) is 58.3 Å². The van der Waals surface area contributed by atoms with E-state index in [-0.39, 0.29) is 23.4 Å². The molecule has 0 amide bonds. The Labute approximate surface area is 236 Å². The molecule has 2 fully saturated rings. The van der Waals surface area contributed by atoms with E-state index < -0.39 is 10.0 Å². The summed E-state index contributed by atoms with van der Waals surface area (Å²) in [4.78, 5) is 11.0. The maximum atomic E-state index is 15.2. The largest absolute Gasteiger partial charge is 0.322 e. The zero-order chi connectivity index (χ0) is 26.9. The van der Waals surface area contributed by atoms with Crippen molar-refractivity contribution in [2.45, 2.75) is 39.0 Å². The molecule has 5 rings (SSSR count). The third-order valence-electron chi connectivity index (χ3n) is 7.20. The first-order chi connectivity index (χ1) is 18.2. The van der Waals surface area contributed by atoms with E-state index in [1.165, 1.54) is 0 Å². The normalized spacial score (nSPS) is 17.4. The Morgan fingerprint density at radius 1 is 1.13 bits per heavy atom. The molecule has 2 aliphatic rings. The van der Waals surface area contributed by atoms with E-state index in [1.54, 1.807) is 16.6 Å². The lowest BCUT2D eigenvalue weighted by atomic mass is 9.86. The second-order valence-electron chi connectivity index (χ2n) is 9.95. The molecule has 0 unspecified atom stereocenters. The predicted molar refractivity (Wildman–Crippen MR) is 154 cm³/mol. The molecule has 0 spiro atoms. The van der Waals surface area contributed by atoms with Crippen molar-refractivity contribution in [3.8, 4) is 0 Å². The number of nitrogens with zero attached hydrogens (tertiary/aromatic N) is 5. The molecular formula is C25H32FIN8O2S. The van der Waals surface area contributed by atoms with Gasteiger partial charge in [0, 0.05) is 37.6 Å². The van der Waals surface area contributed by atoms with E-state index in [4.69, 9.17) is 0 Å². The Morgan fingerprint density at radius 2 is 1.89 bits per heavy atom. The van der Waals surface area contributed by atoms with Crippen LogP contribution in [0.2, 0.25) is 0 Å². The van der Waals surface area contributed by atoms with Crippen molar-refractivity contribution >= 4 is 55.9 Å². The monoisotopic (exact) mass is 654 g/mol. The maximum absolute atomic E-state index is 15.2. The predicted octanol–water partition coefficient (Wildman–Crippen LogP) is 4.26. The average Bonchev–Trinajstić information content (AvgIpc) is 3.25. The van der Waals surface area contributed by atoms with E-state index >= 15 is 4.39 Å². The Bertz CT molecular complexity index is 1400. The first-order valence-corrected chi connectivity index (χ1v) is 15.5. The van der Waals surface area contributed by atoms with Gasteiger partial charge in [-0.15, -0.1) is 0 Å². The summed E-state index contributed by atoms with van der Waals surface area (Å²) in [5, 5.41) is 13.2. The minimum Gasteiger partial charge on any atom is -0.322 e. The molecule has 1 aromatic carbocycles. The van der Waals surface area contributed by atoms with Crippen molar-refractivity contribution < 1.29 is 12.8 Å². The fraction of sp³-hybridized carbons (Fsp3) is 0.480. The Hall–Kier alpha value is -2.36. The molecule has 2 aliphatic heterocycles. The van der Waals surface area contributed by atoms with Crippen LogP contribution in [-0.2, 0) is 10.0 Å². The van der Waals surface area contributed by atoms with Crippen LogP contribution in [0.1, 0.15) is 42.0 Å². The minimum absolute atomic E-state index is 0.172. The summed E-state index contributed by atoms with van der Waals surface area (Å²) in [5.41, 5.74) is 3.25. The summed E-state index contributed by atoms with van der Waals surface area (Å²) in [6.07, 6.45) is 4.37. The van der Waals surface area contributed by atoms with Crippen LogP contribution >= 0.6 is 22.6 Å². The molecule has 2 saturated heterocycles. The lowest BCUT2D eigenvalue weighted by molar-refractivity contribution is 0.220. The van der Waals surface area contributed by atoms with E-state index in [0.717, 1.165) is 52.7 Å². The van der Waals surface area contributed by atoms with Gasteiger partial charge in [-0.3, -0.25) is 5.10 Å². The van der Waals surface area contributed by atoms with Crippen LogP contribution in [0.3, 0.4) is 0 Å². The molecule has 10 nitrogen and oxygen atoms in total. The van der Waals surface area contributed by atoms with E-state index in [0.29, 0.717) is 37.0 Å². The number of anilines is 4. The Balaban J connectivity index is 1.21. The SMILES string of the molecule is Cc1cc(Nc2nc(Nc3cc(C)c(C4CCN(CCS(=O)(=O)N5CCC5)CC4)cc3F)ncc2I)n[nH]1. The molecule has 3 N–H and O–H groups in total. The van der Waals surface area contributed by atoms with Crippen LogP contribution in [0.5, 0.6) is 0 Å². The fourth-order valence-electron chi connectivity index (χ4n) is 4.88. The molecule has 0 atom stereocenters. The molecule has 204 valence electrons. The number of rotatable bonds is 9. The van der Waals surface area contributed by atoms with Crippen LogP contribution in [0.15, 0.2) is 24.4 Å². The standard InChI is InChI=1S/C25H32FIN8O2S/c1-16-12-22(29-25-28-15-21(27)24(31-25)30-23-13-17(2)32-33-23)20(26)14-19(16)18-4-8-34(9-5-18)10-11-38(36,37)35-6-3-7-35/h12-15,18H,3-11H2,1-2H3,(H3,28,29,30,31,32,33). The van der Waals surface area contributed by atoms with Gasteiger partial charge in [0.15, 0.2) is 11.6 Å². The van der Waals surface area contributed by atoms with Gasteiger partial charge in [0.2, 0.25) is 16.0 Å². The maximum Gasteiger partial charge on any atom is 0.229 e. The smallest absolute Gasteiger partial charge is 0.229 e. The van der Waals surface area contributed by atoms with Gasteiger partial charge < -0.3 is 15.5 Å². The Kier molecular flexibility index (Phi) is 8.16. The number of benzene rings is 1. The van der Waals surface area contributed by atoms with Crippen molar-refractivity contribution in [2.24, 2.45) is 0 Å². The quantitative estimate of drug-likeness (QED) is 0.293. The topological polar surface area (TPSA) is 119 Å². The highest BCUT2D eigenvalue weighted by Gasteiger charge is 2.29. The van der Waals surface area contributed by atoms with Gasteiger partial charge in [-0.25, -0.2) is 22.1 Å². The van der Waals surface area contributed by atoms with Crippen molar-refractivity contribution in [2.75, 3.05) is 49.1 Å². The zero-order valence-electron chi connectivity index (χ0n) is 21.5. The van der Waals surface area contributed by atoms with Crippen molar-refractivity contribution in [3.63, 3.8) is 0 Å². The van der Waals surface area contributed by atoms with Crippen LogP contribution in [-0.4, -0.2) is 76.3 Å². The molecule has 0 aliphatic carbocycles. The van der Waals surface area contributed by atoms with Crippen LogP contribution in [0, 0.1) is 23.2 Å². The molecule has 0 bridgehead atoms. The number of aromatic amines is 1. The molecule has 3 aromatic rings. The highest BCUT2D eigenvalue weighted by atomic mass is 127. The molecule has 13 heteroatoms. The van der Waals surface area contributed by atoms with E-state index in [9.17, 15) is 8.42 Å². The summed E-state index contributed by atoms with van der Waals surface area (Å²) in [5.74, 6) is 1.56. The van der Waals surface area contributed by atoms with Gasteiger partial charge in [-0.05, 0) is 98.0 Å². The second kappa shape index (κ2) is 11.4. The summed E-state index contributed by atoms with van der Waals surface area (Å²) < 4.78 is 42.3. The molecule has 38 heavy (non-hydrogen) atoms. The number of H-pyrrole nitrogens is 1. The van der Waals surface area contributed by atoms with Gasteiger partial charge >= 0.3 is 0 Å². The number of aromatic nitrogens is 4. The summed E-state index contributed by atoms with van der Waals surface area (Å²) in [6, 6.07) is 5.29. The van der Waals surface area contributed by atoms with Gasteiger partial charge in [-0.1, -0.05) is 0 Å². The summed E-state index contributed by atoms with van der Waals surface area (Å²) >= 11 is 2.14. The number of likely N-dealkylation sites (tertiary alicyclic amines) is 1. The highest BCUT2D eigenvalue weighted by Crippen LogP contribution is 2.34.